The summed E-state index contributed by atoms with van der Waals surface area (Å²) < 4.78 is 0. The van der Waals surface area contributed by atoms with Crippen LogP contribution in [0.3, 0.4) is 0 Å². The van der Waals surface area contributed by atoms with Gasteiger partial charge >= 0.3 is 0 Å². The molecule has 4 aliphatic carbocycles. The third-order valence-corrected chi connectivity index (χ3v) is 6.38. The van der Waals surface area contributed by atoms with E-state index in [-0.39, 0.29) is 16.9 Å². The molecule has 136 valence electrons. The molecule has 4 aliphatic rings. The molecule has 1 aromatic rings. The number of nitrogens with zero attached hydrogens (tertiary/aromatic N) is 1. The number of nitrogens with one attached hydrogen (secondary N) is 2. The minimum atomic E-state index is -0.418. The highest BCUT2D eigenvalue weighted by Gasteiger charge is 2.50. The molecular formula is C21H25N3O2. The molecule has 4 saturated carbocycles. The third-order valence-electron chi connectivity index (χ3n) is 6.38. The molecule has 1 amide bonds. The number of hydrogen-bond donors (Lipinski definition) is 3. The van der Waals surface area contributed by atoms with Crippen LogP contribution >= 0.6 is 0 Å². The minimum absolute atomic E-state index is 0.0750. The highest BCUT2D eigenvalue weighted by molar-refractivity contribution is 6.06. The Labute approximate surface area is 154 Å². The van der Waals surface area contributed by atoms with Crippen LogP contribution in [-0.2, 0) is 4.79 Å². The average Bonchev–Trinajstić information content (AvgIpc) is 2.56. The molecule has 4 fully saturated rings. The van der Waals surface area contributed by atoms with Crippen LogP contribution in [0.2, 0.25) is 0 Å². The fraction of sp³-hybridized carbons (Fsp3) is 0.524. The number of rotatable bonds is 4. The van der Waals surface area contributed by atoms with Gasteiger partial charge in [-0.3, -0.25) is 4.79 Å². The Bertz CT molecular complexity index is 771. The van der Waals surface area contributed by atoms with Gasteiger partial charge in [-0.2, -0.15) is 5.26 Å². The topological polar surface area (TPSA) is 85.2 Å². The van der Waals surface area contributed by atoms with E-state index in [0.717, 1.165) is 42.6 Å². The second-order valence-electron chi connectivity index (χ2n) is 8.47. The van der Waals surface area contributed by atoms with Gasteiger partial charge < -0.3 is 15.7 Å². The van der Waals surface area contributed by atoms with Crippen LogP contribution in [0.4, 0.5) is 5.69 Å². The summed E-state index contributed by atoms with van der Waals surface area (Å²) in [5, 5.41) is 25.2. The molecule has 3 N–H and O–H groups in total. The van der Waals surface area contributed by atoms with E-state index in [0.29, 0.717) is 5.69 Å². The number of phenols is 1. The summed E-state index contributed by atoms with van der Waals surface area (Å²) in [6.07, 6.45) is 9.17. The van der Waals surface area contributed by atoms with Crippen LogP contribution in [0.5, 0.6) is 5.75 Å². The monoisotopic (exact) mass is 351 g/mol. The molecule has 5 heteroatoms. The number of benzene rings is 1. The van der Waals surface area contributed by atoms with Gasteiger partial charge in [0, 0.05) is 17.4 Å². The van der Waals surface area contributed by atoms with E-state index in [1.807, 2.05) is 6.07 Å². The van der Waals surface area contributed by atoms with Crippen LogP contribution < -0.4 is 10.6 Å². The summed E-state index contributed by atoms with van der Waals surface area (Å²) in [6.45, 7) is 1.80. The molecule has 0 saturated heterocycles. The van der Waals surface area contributed by atoms with Crippen LogP contribution in [0, 0.1) is 36.0 Å². The maximum absolute atomic E-state index is 12.5. The van der Waals surface area contributed by atoms with E-state index in [1.165, 1.54) is 25.3 Å². The van der Waals surface area contributed by atoms with Crippen molar-refractivity contribution in [3.05, 3.63) is 35.5 Å². The second kappa shape index (κ2) is 6.35. The molecule has 0 aliphatic heterocycles. The van der Waals surface area contributed by atoms with Crippen molar-refractivity contribution in [3.8, 4) is 11.8 Å². The summed E-state index contributed by atoms with van der Waals surface area (Å²) >= 11 is 0. The molecule has 0 radical (unpaired) electrons. The number of aromatic hydroxyl groups is 1. The first kappa shape index (κ1) is 17.0. The molecule has 0 atom stereocenters. The fourth-order valence-electron chi connectivity index (χ4n) is 5.64. The maximum atomic E-state index is 12.5. The van der Waals surface area contributed by atoms with Gasteiger partial charge in [-0.25, -0.2) is 0 Å². The van der Waals surface area contributed by atoms with Gasteiger partial charge in [0.25, 0.3) is 5.91 Å². The predicted molar refractivity (Wildman–Crippen MR) is 99.2 cm³/mol. The Morgan fingerprint density at radius 2 is 1.85 bits per heavy atom. The zero-order chi connectivity index (χ0) is 18.3. The summed E-state index contributed by atoms with van der Waals surface area (Å²) in [4.78, 5) is 12.5. The van der Waals surface area contributed by atoms with Crippen LogP contribution in [-0.4, -0.2) is 16.6 Å². The van der Waals surface area contributed by atoms with Crippen molar-refractivity contribution in [1.82, 2.24) is 5.32 Å². The zero-order valence-electron chi connectivity index (χ0n) is 15.1. The largest absolute Gasteiger partial charge is 0.508 e. The van der Waals surface area contributed by atoms with Gasteiger partial charge in [-0.05, 0) is 87.0 Å². The number of carbonyl (C=O) groups excluding carboxylic acids is 1. The maximum Gasteiger partial charge on any atom is 0.267 e. The first-order valence-electron chi connectivity index (χ1n) is 9.45. The quantitative estimate of drug-likeness (QED) is 0.439. The van der Waals surface area contributed by atoms with E-state index in [4.69, 9.17) is 0 Å². The van der Waals surface area contributed by atoms with Gasteiger partial charge in [-0.1, -0.05) is 0 Å². The standard InChI is InChI=1S/C21H25N3O2/c1-13-4-18(25)2-3-19(13)24-20(26)17(11-22)12-23-21-8-14-5-15(9-21)7-16(6-14)10-21/h2-4,12,14-16,23,25H,5-10H2,1H3,(H,24,26)/b17-12-. The number of amides is 1. The van der Waals surface area contributed by atoms with Gasteiger partial charge in [0.2, 0.25) is 0 Å². The summed E-state index contributed by atoms with van der Waals surface area (Å²) in [5.74, 6) is 2.15. The molecule has 4 bridgehead atoms. The van der Waals surface area contributed by atoms with Crippen molar-refractivity contribution in [2.24, 2.45) is 17.8 Å². The highest BCUT2D eigenvalue weighted by Crippen LogP contribution is 2.55. The first-order chi connectivity index (χ1) is 12.5. The SMILES string of the molecule is Cc1cc(O)ccc1NC(=O)/C(C#N)=C\NC12CC3CC(CC(C3)C1)C2. The number of nitriles is 1. The van der Waals surface area contributed by atoms with Crippen molar-refractivity contribution < 1.29 is 9.90 Å². The predicted octanol–water partition coefficient (Wildman–Crippen LogP) is 3.61. The molecular weight excluding hydrogens is 326 g/mol. The number of carbonyl (C=O) groups is 1. The van der Waals surface area contributed by atoms with Gasteiger partial charge in [-0.15, -0.1) is 0 Å². The number of phenolic OH excluding ortho intramolecular Hbond substituents is 1. The van der Waals surface area contributed by atoms with E-state index < -0.39 is 5.91 Å². The van der Waals surface area contributed by atoms with Crippen molar-refractivity contribution in [2.75, 3.05) is 5.32 Å². The Morgan fingerprint density at radius 1 is 1.23 bits per heavy atom. The Hall–Kier alpha value is -2.48. The lowest BCUT2D eigenvalue weighted by atomic mass is 9.53. The summed E-state index contributed by atoms with van der Waals surface area (Å²) in [5.41, 5.74) is 1.52. The molecule has 5 rings (SSSR count). The number of aryl methyl sites for hydroxylation is 1. The fourth-order valence-corrected chi connectivity index (χ4v) is 5.64. The molecule has 0 aromatic heterocycles. The summed E-state index contributed by atoms with van der Waals surface area (Å²) in [6, 6.07) is 6.77. The first-order valence-corrected chi connectivity index (χ1v) is 9.45. The van der Waals surface area contributed by atoms with Crippen molar-refractivity contribution in [1.29, 1.82) is 5.26 Å². The van der Waals surface area contributed by atoms with Crippen molar-refractivity contribution in [2.45, 2.75) is 51.0 Å². The highest BCUT2D eigenvalue weighted by atomic mass is 16.3. The average molecular weight is 351 g/mol. The Morgan fingerprint density at radius 3 is 2.38 bits per heavy atom. The van der Waals surface area contributed by atoms with E-state index in [9.17, 15) is 15.2 Å². The molecule has 0 heterocycles. The molecule has 5 nitrogen and oxygen atoms in total. The van der Waals surface area contributed by atoms with Gasteiger partial charge in [0.15, 0.2) is 0 Å². The lowest BCUT2D eigenvalue weighted by Crippen LogP contribution is -2.57. The minimum Gasteiger partial charge on any atom is -0.508 e. The lowest BCUT2D eigenvalue weighted by molar-refractivity contribution is -0.112. The van der Waals surface area contributed by atoms with E-state index in [1.54, 1.807) is 25.3 Å². The Kier molecular flexibility index (Phi) is 4.14. The smallest absolute Gasteiger partial charge is 0.267 e. The van der Waals surface area contributed by atoms with Gasteiger partial charge in [0.05, 0.1) is 0 Å². The van der Waals surface area contributed by atoms with Crippen molar-refractivity contribution in [3.63, 3.8) is 0 Å². The number of hydrogen-bond acceptors (Lipinski definition) is 4. The van der Waals surface area contributed by atoms with Crippen LogP contribution in [0.1, 0.15) is 44.1 Å². The molecule has 1 aromatic carbocycles. The summed E-state index contributed by atoms with van der Waals surface area (Å²) in [7, 11) is 0. The number of anilines is 1. The molecule has 0 spiro atoms. The van der Waals surface area contributed by atoms with Gasteiger partial charge in [0.1, 0.15) is 17.4 Å². The van der Waals surface area contributed by atoms with E-state index in [2.05, 4.69) is 10.6 Å². The molecule has 26 heavy (non-hydrogen) atoms. The third kappa shape index (κ3) is 3.16. The van der Waals surface area contributed by atoms with Crippen LogP contribution in [0.15, 0.2) is 30.0 Å². The Balaban J connectivity index is 1.47. The zero-order valence-corrected chi connectivity index (χ0v) is 15.1. The molecule has 0 unspecified atom stereocenters. The second-order valence-corrected chi connectivity index (χ2v) is 8.47. The van der Waals surface area contributed by atoms with E-state index >= 15 is 0 Å². The van der Waals surface area contributed by atoms with Crippen LogP contribution in [0.25, 0.3) is 0 Å². The van der Waals surface area contributed by atoms with Crippen molar-refractivity contribution >= 4 is 11.6 Å². The normalized spacial score (nSPS) is 32.2. The lowest BCUT2D eigenvalue weighted by Gasteiger charge is -2.56.